The van der Waals surface area contributed by atoms with Crippen LogP contribution in [0.4, 0.5) is 0 Å². The van der Waals surface area contributed by atoms with Crippen molar-refractivity contribution in [3.8, 4) is 93.9 Å². The van der Waals surface area contributed by atoms with Gasteiger partial charge in [0.25, 0.3) is 0 Å². The number of hydrogen-bond donors (Lipinski definition) is 0. The Hall–Kier alpha value is -4.24. The van der Waals surface area contributed by atoms with E-state index in [0.717, 1.165) is 81.9 Å². The average molecular weight is 1330 g/mol. The number of nitrogens with zero attached hydrogens (tertiary/aromatic N) is 2. The van der Waals surface area contributed by atoms with Crippen LogP contribution in [-0.4, -0.2) is 24.2 Å². The molecule has 0 fully saturated rings. The van der Waals surface area contributed by atoms with Gasteiger partial charge < -0.3 is 9.47 Å². The van der Waals surface area contributed by atoms with Gasteiger partial charge in [0.1, 0.15) is 11.5 Å². The molecule has 0 saturated carbocycles. The van der Waals surface area contributed by atoms with Crippen molar-refractivity contribution >= 4 is 111 Å². The van der Waals surface area contributed by atoms with Crippen LogP contribution in [0.1, 0.15) is 153 Å². The first-order chi connectivity index (χ1) is 40.2. The maximum atomic E-state index is 5.78. The molecule has 428 valence electrons. The SMILES string of the molecule is CCCCCCc1cc(-c2sc(-c3ccc(-c4ccc(-c5ccc(-c6cc(CCCCCC)c(-c7cc(CCCCCC)c(Br)s7)s6)s5)c5nc(-c6ccc(OC)cc6)c(-c6ccc(OC)cc6)nc45)s3)cc2CCCCCC)sc1Br. The highest BCUT2D eigenvalue weighted by atomic mass is 79.9. The monoisotopic (exact) mass is 1330 g/mol. The third-order valence-electron chi connectivity index (χ3n) is 15.6. The van der Waals surface area contributed by atoms with Crippen molar-refractivity contribution in [3.63, 3.8) is 0 Å². The number of rotatable bonds is 30. The minimum absolute atomic E-state index is 0.800. The van der Waals surface area contributed by atoms with Gasteiger partial charge in [-0.1, -0.05) is 117 Å². The molecule has 0 aliphatic heterocycles. The van der Waals surface area contributed by atoms with Crippen molar-refractivity contribution in [2.75, 3.05) is 14.2 Å². The molecule has 0 unspecified atom stereocenters. The summed E-state index contributed by atoms with van der Waals surface area (Å²) in [6.45, 7) is 9.18. The summed E-state index contributed by atoms with van der Waals surface area (Å²) in [5.74, 6) is 1.60. The second-order valence-corrected chi connectivity index (χ2v) is 30.6. The molecule has 7 aromatic heterocycles. The Morgan fingerprint density at radius 1 is 0.341 bits per heavy atom. The van der Waals surface area contributed by atoms with Crippen LogP contribution in [0, 0.1) is 0 Å². The number of benzene rings is 3. The van der Waals surface area contributed by atoms with E-state index in [1.807, 2.05) is 92.3 Å². The highest BCUT2D eigenvalue weighted by Gasteiger charge is 2.24. The van der Waals surface area contributed by atoms with Crippen molar-refractivity contribution in [1.29, 1.82) is 0 Å². The molecule has 12 heteroatoms. The number of methoxy groups -OCH3 is 2. The molecule has 0 spiro atoms. The van der Waals surface area contributed by atoms with Crippen molar-refractivity contribution in [2.24, 2.45) is 0 Å². The minimum Gasteiger partial charge on any atom is -0.497 e. The van der Waals surface area contributed by atoms with Crippen LogP contribution in [0.15, 0.2) is 117 Å². The van der Waals surface area contributed by atoms with E-state index in [1.54, 1.807) is 14.2 Å². The Morgan fingerprint density at radius 2 is 0.683 bits per heavy atom. The van der Waals surface area contributed by atoms with E-state index in [9.17, 15) is 0 Å². The lowest BCUT2D eigenvalue weighted by molar-refractivity contribution is 0.414. The minimum atomic E-state index is 0.800. The van der Waals surface area contributed by atoms with Crippen LogP contribution in [-0.2, 0) is 25.7 Å². The van der Waals surface area contributed by atoms with Crippen LogP contribution in [0.25, 0.3) is 93.4 Å². The molecule has 82 heavy (non-hydrogen) atoms. The molecule has 0 aliphatic rings. The lowest BCUT2D eigenvalue weighted by atomic mass is 10.0. The molecule has 10 aromatic rings. The Morgan fingerprint density at radius 3 is 1.04 bits per heavy atom. The molecule has 0 aliphatic carbocycles. The Bertz CT molecular complexity index is 3430. The van der Waals surface area contributed by atoms with Crippen molar-refractivity contribution < 1.29 is 9.47 Å². The summed E-state index contributed by atoms with van der Waals surface area (Å²) in [5, 5.41) is 0. The maximum absolute atomic E-state index is 5.78. The van der Waals surface area contributed by atoms with Crippen LogP contribution in [0.2, 0.25) is 0 Å². The average Bonchev–Trinajstić information content (AvgIpc) is 3.67. The third kappa shape index (κ3) is 14.5. The third-order valence-corrected chi connectivity index (χ3v) is 24.8. The first-order valence-corrected chi connectivity index (χ1v) is 36.4. The van der Waals surface area contributed by atoms with Crippen LogP contribution >= 0.6 is 99.9 Å². The van der Waals surface area contributed by atoms with E-state index >= 15 is 0 Å². The second-order valence-electron chi connectivity index (χ2n) is 21.6. The number of unbranched alkanes of at least 4 members (excludes halogenated alkanes) is 12. The number of fused-ring (bicyclic) bond motifs is 1. The lowest BCUT2D eigenvalue weighted by Crippen LogP contribution is -1.98. The number of ether oxygens (including phenoxy) is 2. The summed E-state index contributed by atoms with van der Waals surface area (Å²) < 4.78 is 13.9. The van der Waals surface area contributed by atoms with Crippen molar-refractivity contribution in [3.05, 3.63) is 139 Å². The molecule has 0 amide bonds. The van der Waals surface area contributed by atoms with E-state index in [1.165, 1.54) is 181 Å². The Labute approximate surface area is 528 Å². The van der Waals surface area contributed by atoms with Gasteiger partial charge in [0.05, 0.1) is 44.2 Å². The zero-order valence-electron chi connectivity index (χ0n) is 48.5. The first kappa shape index (κ1) is 60.9. The number of halogens is 2. The fourth-order valence-electron chi connectivity index (χ4n) is 10.9. The summed E-state index contributed by atoms with van der Waals surface area (Å²) in [7, 11) is 3.43. The van der Waals surface area contributed by atoms with E-state index in [0.29, 0.717) is 0 Å². The van der Waals surface area contributed by atoms with Gasteiger partial charge >= 0.3 is 0 Å². The molecular weight excluding hydrogens is 1250 g/mol. The summed E-state index contributed by atoms with van der Waals surface area (Å²) in [6, 6.07) is 40.4. The predicted octanol–water partition coefficient (Wildman–Crippen LogP) is 25.4. The molecule has 4 nitrogen and oxygen atoms in total. The zero-order chi connectivity index (χ0) is 57.0. The quantitative estimate of drug-likeness (QED) is 0.0421. The van der Waals surface area contributed by atoms with Gasteiger partial charge in [-0.3, -0.25) is 0 Å². The molecular formula is C70H76Br2N2O2S6. The summed E-state index contributed by atoms with van der Waals surface area (Å²) >= 11 is 19.5. The van der Waals surface area contributed by atoms with E-state index in [2.05, 4.69) is 144 Å². The molecule has 0 N–H and O–H groups in total. The molecule has 0 bridgehead atoms. The first-order valence-electron chi connectivity index (χ1n) is 29.9. The van der Waals surface area contributed by atoms with Gasteiger partial charge in [-0.2, -0.15) is 0 Å². The molecule has 7 heterocycles. The topological polar surface area (TPSA) is 44.2 Å². The number of aromatic nitrogens is 2. The van der Waals surface area contributed by atoms with Gasteiger partial charge in [0, 0.05) is 71.0 Å². The smallest absolute Gasteiger partial charge is 0.118 e. The van der Waals surface area contributed by atoms with Crippen molar-refractivity contribution in [2.45, 2.75) is 156 Å². The van der Waals surface area contributed by atoms with E-state index in [-0.39, 0.29) is 0 Å². The van der Waals surface area contributed by atoms with E-state index in [4.69, 9.17) is 19.4 Å². The summed E-state index contributed by atoms with van der Waals surface area (Å²) in [4.78, 5) is 24.8. The number of hydrogen-bond acceptors (Lipinski definition) is 10. The van der Waals surface area contributed by atoms with Crippen LogP contribution in [0.3, 0.4) is 0 Å². The highest BCUT2D eigenvalue weighted by Crippen LogP contribution is 2.51. The van der Waals surface area contributed by atoms with Crippen LogP contribution in [0.5, 0.6) is 11.5 Å². The summed E-state index contributed by atoms with van der Waals surface area (Å²) in [5.41, 5.74) is 13.4. The van der Waals surface area contributed by atoms with Gasteiger partial charge in [-0.25, -0.2) is 9.97 Å². The molecule has 0 radical (unpaired) electrons. The highest BCUT2D eigenvalue weighted by molar-refractivity contribution is 9.11. The molecule has 10 rings (SSSR count). The van der Waals surface area contributed by atoms with Gasteiger partial charge in [0.15, 0.2) is 0 Å². The fraction of sp³-hybridized carbons (Fsp3) is 0.371. The molecule has 3 aromatic carbocycles. The Kier molecular flexibility index (Phi) is 22.1. The molecule has 0 saturated heterocycles. The van der Waals surface area contributed by atoms with Gasteiger partial charge in [-0.15, -0.1) is 68.0 Å². The number of thiophene rings is 6. The zero-order valence-corrected chi connectivity index (χ0v) is 56.5. The fourth-order valence-corrected chi connectivity index (χ4v) is 19.4. The number of aryl methyl sites for hydroxylation is 4. The maximum Gasteiger partial charge on any atom is 0.118 e. The predicted molar refractivity (Wildman–Crippen MR) is 370 cm³/mol. The normalized spacial score (nSPS) is 11.7. The van der Waals surface area contributed by atoms with Gasteiger partial charge in [-0.05, 0) is 203 Å². The molecule has 0 atom stereocenters. The van der Waals surface area contributed by atoms with E-state index < -0.39 is 0 Å². The van der Waals surface area contributed by atoms with Crippen molar-refractivity contribution in [1.82, 2.24) is 9.97 Å². The van der Waals surface area contributed by atoms with Crippen LogP contribution < -0.4 is 9.47 Å². The second kappa shape index (κ2) is 29.7. The largest absolute Gasteiger partial charge is 0.497 e. The standard InChI is InChI=1S/C70H76Br2N2O2S6/c1-7-11-15-19-23-47-41-59(79-67(47)61-43-49(69(71)81-61)25-21-17-13-9-3)57-39-37-55(77-57)53-35-36-54(66-65(53)73-63(45-27-31-51(75-5)32-28-45)64(74-66)46-29-33-52(76-6)34-30-46)56-38-40-58(78-56)60-42-48(24-20-16-12-8-2)68(80-60)62-44-50(70(72)82-62)26-22-18-14-10-4/h27-44H,7-26H2,1-6H3. The van der Waals surface area contributed by atoms with Gasteiger partial charge in [0.2, 0.25) is 0 Å². The Balaban J connectivity index is 1.07. The lowest BCUT2D eigenvalue weighted by Gasteiger charge is -2.15. The summed E-state index contributed by atoms with van der Waals surface area (Å²) in [6.07, 6.45) is 24.6.